The van der Waals surface area contributed by atoms with Crippen molar-refractivity contribution in [3.63, 3.8) is 0 Å². The highest BCUT2D eigenvalue weighted by molar-refractivity contribution is 5.87. The molecule has 2 aromatic carbocycles. The highest BCUT2D eigenvalue weighted by atomic mass is 16.6. The Morgan fingerprint density at radius 1 is 0.703 bits per heavy atom. The topological polar surface area (TPSA) is 71.1 Å². The average molecular weight is 509 g/mol. The lowest BCUT2D eigenvalue weighted by Gasteiger charge is -2.31. The van der Waals surface area contributed by atoms with E-state index in [0.717, 1.165) is 24.3 Å². The van der Waals surface area contributed by atoms with Crippen LogP contribution >= 0.6 is 0 Å². The Hall–Kier alpha value is -3.54. The summed E-state index contributed by atoms with van der Waals surface area (Å²) in [6.07, 6.45) is 1.71. The first-order valence-corrected chi connectivity index (χ1v) is 12.7. The Labute approximate surface area is 221 Å². The molecule has 0 radical (unpaired) electrons. The predicted molar refractivity (Wildman–Crippen MR) is 146 cm³/mol. The van der Waals surface area contributed by atoms with Crippen molar-refractivity contribution in [3.8, 4) is 11.5 Å². The molecule has 6 heteroatoms. The zero-order valence-electron chi connectivity index (χ0n) is 23.1. The first-order valence-electron chi connectivity index (χ1n) is 12.7. The standard InChI is InChI=1S/C31H40O6/c1-9-23-19-25(34-15-17-36-29(32)21(3)4)11-13-27(23)31(7,8)28-14-12-26(20-24(28)10-2)35-16-18-37-30(33)22(5)6/h11-14,19-20H,3,5,9-10,15-18H2,1-2,4,6-8H3. The van der Waals surface area contributed by atoms with Crippen molar-refractivity contribution in [2.24, 2.45) is 0 Å². The predicted octanol–water partition coefficient (Wildman–Crippen LogP) is 6.13. The van der Waals surface area contributed by atoms with Crippen LogP contribution in [0.1, 0.15) is 63.8 Å². The lowest BCUT2D eigenvalue weighted by Crippen LogP contribution is -2.23. The highest BCUT2D eigenvalue weighted by Crippen LogP contribution is 2.38. The minimum absolute atomic E-state index is 0.172. The van der Waals surface area contributed by atoms with E-state index in [1.807, 2.05) is 12.1 Å². The van der Waals surface area contributed by atoms with E-state index in [1.165, 1.54) is 22.3 Å². The van der Waals surface area contributed by atoms with Crippen molar-refractivity contribution in [1.82, 2.24) is 0 Å². The molecular weight excluding hydrogens is 468 g/mol. The number of carbonyl (C=O) groups is 2. The van der Waals surface area contributed by atoms with E-state index in [9.17, 15) is 9.59 Å². The summed E-state index contributed by atoms with van der Waals surface area (Å²) in [5.74, 6) is 0.665. The smallest absolute Gasteiger partial charge is 0.333 e. The lowest BCUT2D eigenvalue weighted by atomic mass is 9.73. The van der Waals surface area contributed by atoms with Crippen LogP contribution in [0, 0.1) is 0 Å². The summed E-state index contributed by atoms with van der Waals surface area (Å²) in [5.41, 5.74) is 5.34. The van der Waals surface area contributed by atoms with Gasteiger partial charge >= 0.3 is 11.9 Å². The number of esters is 2. The number of hydrogen-bond donors (Lipinski definition) is 0. The molecule has 2 rings (SSSR count). The van der Waals surface area contributed by atoms with Gasteiger partial charge in [0.1, 0.15) is 37.9 Å². The molecule has 0 saturated heterocycles. The second-order valence-corrected chi connectivity index (χ2v) is 9.50. The monoisotopic (exact) mass is 508 g/mol. The minimum Gasteiger partial charge on any atom is -0.490 e. The third-order valence-electron chi connectivity index (χ3n) is 6.13. The van der Waals surface area contributed by atoms with E-state index in [4.69, 9.17) is 18.9 Å². The van der Waals surface area contributed by atoms with Gasteiger partial charge in [-0.3, -0.25) is 0 Å². The van der Waals surface area contributed by atoms with Gasteiger partial charge < -0.3 is 18.9 Å². The maximum absolute atomic E-state index is 11.5. The Morgan fingerprint density at radius 2 is 1.08 bits per heavy atom. The molecule has 0 unspecified atom stereocenters. The number of rotatable bonds is 14. The van der Waals surface area contributed by atoms with E-state index >= 15 is 0 Å². The van der Waals surface area contributed by atoms with Gasteiger partial charge in [0.2, 0.25) is 0 Å². The van der Waals surface area contributed by atoms with Gasteiger partial charge in [0.15, 0.2) is 0 Å². The third-order valence-corrected chi connectivity index (χ3v) is 6.13. The molecule has 0 bridgehead atoms. The van der Waals surface area contributed by atoms with Gasteiger partial charge in [0.05, 0.1) is 0 Å². The summed E-state index contributed by atoms with van der Waals surface area (Å²) in [6.45, 7) is 20.0. The van der Waals surface area contributed by atoms with Crippen molar-refractivity contribution in [2.75, 3.05) is 26.4 Å². The van der Waals surface area contributed by atoms with Gasteiger partial charge in [0, 0.05) is 16.6 Å². The van der Waals surface area contributed by atoms with Crippen LogP contribution in [0.2, 0.25) is 0 Å². The molecule has 0 N–H and O–H groups in total. The normalized spacial score (nSPS) is 11.0. The van der Waals surface area contributed by atoms with E-state index in [2.05, 4.69) is 65.1 Å². The largest absolute Gasteiger partial charge is 0.490 e. The summed E-state index contributed by atoms with van der Waals surface area (Å²) >= 11 is 0. The van der Waals surface area contributed by atoms with Crippen LogP contribution in [0.3, 0.4) is 0 Å². The zero-order valence-corrected chi connectivity index (χ0v) is 23.1. The summed E-state index contributed by atoms with van der Waals surface area (Å²) in [6, 6.07) is 12.3. The molecule has 6 nitrogen and oxygen atoms in total. The fourth-order valence-electron chi connectivity index (χ4n) is 4.10. The van der Waals surface area contributed by atoms with E-state index in [1.54, 1.807) is 13.8 Å². The first-order chi connectivity index (χ1) is 17.5. The maximum Gasteiger partial charge on any atom is 0.333 e. The number of hydrogen-bond acceptors (Lipinski definition) is 6. The van der Waals surface area contributed by atoms with Crippen LogP contribution in [0.15, 0.2) is 60.7 Å². The molecule has 0 fully saturated rings. The van der Waals surface area contributed by atoms with Crippen molar-refractivity contribution in [1.29, 1.82) is 0 Å². The van der Waals surface area contributed by atoms with Gasteiger partial charge in [-0.15, -0.1) is 0 Å². The SMILES string of the molecule is C=C(C)C(=O)OCCOc1ccc(C(C)(C)c2ccc(OCCOC(=O)C(=C)C)cc2CC)c(CC)c1. The van der Waals surface area contributed by atoms with Gasteiger partial charge in [-0.05, 0) is 73.2 Å². The molecule has 0 aliphatic carbocycles. The molecule has 2 aromatic rings. The van der Waals surface area contributed by atoms with E-state index < -0.39 is 11.9 Å². The number of aryl methyl sites for hydroxylation is 2. The molecule has 0 amide bonds. The van der Waals surface area contributed by atoms with Crippen LogP contribution in [0.5, 0.6) is 11.5 Å². The molecule has 200 valence electrons. The van der Waals surface area contributed by atoms with Crippen molar-refractivity contribution < 1.29 is 28.5 Å². The fourth-order valence-corrected chi connectivity index (χ4v) is 4.10. The second-order valence-electron chi connectivity index (χ2n) is 9.50. The average Bonchev–Trinajstić information content (AvgIpc) is 2.88. The molecule has 0 saturated carbocycles. The Morgan fingerprint density at radius 3 is 1.41 bits per heavy atom. The van der Waals surface area contributed by atoms with Crippen molar-refractivity contribution in [3.05, 3.63) is 83.0 Å². The van der Waals surface area contributed by atoms with E-state index in [0.29, 0.717) is 11.1 Å². The Kier molecular flexibility index (Phi) is 11.0. The van der Waals surface area contributed by atoms with Crippen LogP contribution in [0.25, 0.3) is 0 Å². The van der Waals surface area contributed by atoms with Crippen molar-refractivity contribution >= 4 is 11.9 Å². The van der Waals surface area contributed by atoms with Gasteiger partial charge in [-0.1, -0.05) is 53.0 Å². The molecule has 0 heterocycles. The van der Waals surface area contributed by atoms with Crippen molar-refractivity contribution in [2.45, 2.75) is 59.8 Å². The quantitative estimate of drug-likeness (QED) is 0.174. The molecule has 0 spiro atoms. The summed E-state index contributed by atoms with van der Waals surface area (Å²) in [4.78, 5) is 23.0. The van der Waals surface area contributed by atoms with Crippen LogP contribution in [-0.2, 0) is 37.3 Å². The molecule has 0 aliphatic rings. The second kappa shape index (κ2) is 13.7. The third kappa shape index (κ3) is 8.24. The molecular formula is C31H40O6. The minimum atomic E-state index is -0.413. The first kappa shape index (κ1) is 29.7. The van der Waals surface area contributed by atoms with Gasteiger partial charge in [-0.2, -0.15) is 0 Å². The Balaban J connectivity index is 2.14. The van der Waals surface area contributed by atoms with Crippen LogP contribution < -0.4 is 9.47 Å². The maximum atomic E-state index is 11.5. The fraction of sp³-hybridized carbons (Fsp3) is 0.419. The summed E-state index contributed by atoms with van der Waals surface area (Å²) < 4.78 is 21.9. The number of carbonyl (C=O) groups excluding carboxylic acids is 2. The Bertz CT molecular complexity index is 1040. The zero-order chi connectivity index (χ0) is 27.6. The van der Waals surface area contributed by atoms with Crippen LogP contribution in [-0.4, -0.2) is 38.4 Å². The molecule has 37 heavy (non-hydrogen) atoms. The molecule has 0 atom stereocenters. The summed E-state index contributed by atoms with van der Waals surface area (Å²) in [5, 5.41) is 0. The van der Waals surface area contributed by atoms with E-state index in [-0.39, 0.29) is 31.8 Å². The highest BCUT2D eigenvalue weighted by Gasteiger charge is 2.28. The lowest BCUT2D eigenvalue weighted by molar-refractivity contribution is -0.140. The summed E-state index contributed by atoms with van der Waals surface area (Å²) in [7, 11) is 0. The molecule has 0 aromatic heterocycles. The molecule has 0 aliphatic heterocycles. The van der Waals surface area contributed by atoms with Gasteiger partial charge in [-0.25, -0.2) is 9.59 Å². The number of benzene rings is 2. The van der Waals surface area contributed by atoms with Gasteiger partial charge in [0.25, 0.3) is 0 Å². The number of ether oxygens (including phenoxy) is 4. The van der Waals surface area contributed by atoms with Crippen LogP contribution in [0.4, 0.5) is 0 Å².